The van der Waals surface area contributed by atoms with E-state index in [1.807, 2.05) is 19.1 Å². The van der Waals surface area contributed by atoms with Crippen LogP contribution in [0.25, 0.3) is 0 Å². The van der Waals surface area contributed by atoms with E-state index in [0.717, 1.165) is 6.42 Å². The predicted molar refractivity (Wildman–Crippen MR) is 68.8 cm³/mol. The van der Waals surface area contributed by atoms with Crippen LogP contribution in [0.5, 0.6) is 5.75 Å². The van der Waals surface area contributed by atoms with Gasteiger partial charge in [0.05, 0.1) is 18.2 Å². The molecular formula is C14H19NO3. The van der Waals surface area contributed by atoms with E-state index >= 15 is 0 Å². The molecule has 1 N–H and O–H groups in total. The van der Waals surface area contributed by atoms with Gasteiger partial charge in [-0.05, 0) is 18.6 Å². The summed E-state index contributed by atoms with van der Waals surface area (Å²) in [6, 6.07) is 7.25. The average Bonchev–Trinajstić information content (AvgIpc) is 2.51. The van der Waals surface area contributed by atoms with Crippen molar-refractivity contribution >= 4 is 5.91 Å². The van der Waals surface area contributed by atoms with Crippen molar-refractivity contribution in [1.82, 2.24) is 4.90 Å². The zero-order valence-corrected chi connectivity index (χ0v) is 10.6. The predicted octanol–water partition coefficient (Wildman–Crippen LogP) is 1.68. The largest absolute Gasteiger partial charge is 0.491 e. The normalized spacial score (nSPS) is 16.8. The second-order valence-corrected chi connectivity index (χ2v) is 4.54. The van der Waals surface area contributed by atoms with Gasteiger partial charge >= 0.3 is 0 Å². The topological polar surface area (TPSA) is 49.8 Å². The lowest BCUT2D eigenvalue weighted by atomic mass is 10.1. The Morgan fingerprint density at radius 3 is 3.00 bits per heavy atom. The van der Waals surface area contributed by atoms with Crippen LogP contribution in [0.2, 0.25) is 0 Å². The number of hydrogen-bond acceptors (Lipinski definition) is 3. The average molecular weight is 249 g/mol. The van der Waals surface area contributed by atoms with Crippen molar-refractivity contribution < 1.29 is 14.6 Å². The van der Waals surface area contributed by atoms with E-state index in [4.69, 9.17) is 4.74 Å². The Labute approximate surface area is 107 Å². The number of hydrogen-bond donors (Lipinski definition) is 1. The van der Waals surface area contributed by atoms with Gasteiger partial charge in [-0.1, -0.05) is 25.5 Å². The van der Waals surface area contributed by atoms with E-state index in [1.165, 1.54) is 0 Å². The van der Waals surface area contributed by atoms with Crippen molar-refractivity contribution in [2.24, 2.45) is 0 Å². The summed E-state index contributed by atoms with van der Waals surface area (Å²) < 4.78 is 5.55. The molecule has 1 unspecified atom stereocenters. The lowest BCUT2D eigenvalue weighted by Gasteiger charge is -2.22. The van der Waals surface area contributed by atoms with E-state index < -0.39 is 6.10 Å². The van der Waals surface area contributed by atoms with Gasteiger partial charge in [-0.15, -0.1) is 0 Å². The quantitative estimate of drug-likeness (QED) is 0.883. The molecule has 4 nitrogen and oxygen atoms in total. The molecular weight excluding hydrogens is 230 g/mol. The molecule has 98 valence electrons. The summed E-state index contributed by atoms with van der Waals surface area (Å²) in [6.07, 6.45) is 1.17. The van der Waals surface area contributed by atoms with Gasteiger partial charge in [0, 0.05) is 6.54 Å². The number of para-hydroxylation sites is 1. The van der Waals surface area contributed by atoms with Gasteiger partial charge in [0.1, 0.15) is 12.4 Å². The molecule has 0 radical (unpaired) electrons. The Morgan fingerprint density at radius 1 is 1.44 bits per heavy atom. The van der Waals surface area contributed by atoms with Gasteiger partial charge in [-0.25, -0.2) is 0 Å². The molecule has 0 spiro atoms. The van der Waals surface area contributed by atoms with Crippen LogP contribution in [0.1, 0.15) is 30.1 Å². The molecule has 0 saturated heterocycles. The second-order valence-electron chi connectivity index (χ2n) is 4.54. The number of rotatable bonds is 4. The van der Waals surface area contributed by atoms with Crippen molar-refractivity contribution in [3.05, 3.63) is 29.8 Å². The summed E-state index contributed by atoms with van der Waals surface area (Å²) in [5, 5.41) is 9.82. The molecule has 1 aliphatic heterocycles. The van der Waals surface area contributed by atoms with Gasteiger partial charge in [-0.2, -0.15) is 0 Å². The third-order valence-electron chi connectivity index (χ3n) is 3.08. The van der Waals surface area contributed by atoms with E-state index in [9.17, 15) is 9.90 Å². The maximum Gasteiger partial charge on any atom is 0.257 e. The molecule has 1 amide bonds. The molecule has 0 aromatic heterocycles. The first-order valence-electron chi connectivity index (χ1n) is 6.41. The van der Waals surface area contributed by atoms with Gasteiger partial charge in [0.2, 0.25) is 0 Å². The first kappa shape index (κ1) is 12.9. The summed E-state index contributed by atoms with van der Waals surface area (Å²) >= 11 is 0. The van der Waals surface area contributed by atoms with E-state index in [1.54, 1.807) is 17.0 Å². The van der Waals surface area contributed by atoms with Gasteiger partial charge in [0.25, 0.3) is 5.91 Å². The molecule has 4 heteroatoms. The molecule has 18 heavy (non-hydrogen) atoms. The van der Waals surface area contributed by atoms with Crippen molar-refractivity contribution in [3.8, 4) is 5.75 Å². The summed E-state index contributed by atoms with van der Waals surface area (Å²) in [7, 11) is 0. The zero-order valence-electron chi connectivity index (χ0n) is 10.6. The fourth-order valence-corrected chi connectivity index (χ4v) is 2.16. The molecule has 1 aromatic rings. The van der Waals surface area contributed by atoms with Gasteiger partial charge in [-0.3, -0.25) is 4.79 Å². The van der Waals surface area contributed by atoms with Crippen LogP contribution in [-0.4, -0.2) is 41.7 Å². The molecule has 1 aromatic carbocycles. The monoisotopic (exact) mass is 249 g/mol. The van der Waals surface area contributed by atoms with Crippen LogP contribution >= 0.6 is 0 Å². The minimum absolute atomic E-state index is 0.0572. The van der Waals surface area contributed by atoms with Crippen LogP contribution in [0.3, 0.4) is 0 Å². The Kier molecular flexibility index (Phi) is 4.20. The molecule has 0 fully saturated rings. The lowest BCUT2D eigenvalue weighted by Crippen LogP contribution is -2.38. The maximum absolute atomic E-state index is 12.3. The number of nitrogens with zero attached hydrogens (tertiary/aromatic N) is 1. The minimum Gasteiger partial charge on any atom is -0.491 e. The van der Waals surface area contributed by atoms with Crippen LogP contribution in [-0.2, 0) is 0 Å². The number of aliphatic hydroxyl groups excluding tert-OH is 1. The van der Waals surface area contributed by atoms with E-state index in [-0.39, 0.29) is 5.91 Å². The third kappa shape index (κ3) is 2.82. The lowest BCUT2D eigenvalue weighted by molar-refractivity contribution is 0.0602. The fraction of sp³-hybridized carbons (Fsp3) is 0.500. The number of carbonyl (C=O) groups excluding carboxylic acids is 1. The fourth-order valence-electron chi connectivity index (χ4n) is 2.16. The SMILES string of the molecule is CCCC(O)CN1CCOc2ccccc2C1=O. The highest BCUT2D eigenvalue weighted by Crippen LogP contribution is 2.22. The first-order chi connectivity index (χ1) is 8.72. The standard InChI is InChI=1S/C14H19NO3/c1-2-5-11(16)10-15-8-9-18-13-7-4-3-6-12(13)14(15)17/h3-4,6-7,11,16H,2,5,8-10H2,1H3. The van der Waals surface area contributed by atoms with Crippen LogP contribution in [0.4, 0.5) is 0 Å². The van der Waals surface area contributed by atoms with Crippen LogP contribution in [0, 0.1) is 0 Å². The number of aliphatic hydroxyl groups is 1. The molecule has 0 bridgehead atoms. The Hall–Kier alpha value is -1.55. The number of amides is 1. The van der Waals surface area contributed by atoms with Crippen molar-refractivity contribution in [3.63, 3.8) is 0 Å². The van der Waals surface area contributed by atoms with Crippen molar-refractivity contribution in [2.75, 3.05) is 19.7 Å². The zero-order chi connectivity index (χ0) is 13.0. The molecule has 2 rings (SSSR count). The highest BCUT2D eigenvalue weighted by atomic mass is 16.5. The molecule has 1 aliphatic rings. The minimum atomic E-state index is -0.454. The second kappa shape index (κ2) is 5.87. The smallest absolute Gasteiger partial charge is 0.257 e. The Morgan fingerprint density at radius 2 is 2.22 bits per heavy atom. The van der Waals surface area contributed by atoms with E-state index in [2.05, 4.69) is 0 Å². The number of carbonyl (C=O) groups is 1. The van der Waals surface area contributed by atoms with Gasteiger partial charge < -0.3 is 14.7 Å². The molecule has 0 aliphatic carbocycles. The summed E-state index contributed by atoms with van der Waals surface area (Å²) in [6.45, 7) is 3.39. The molecule has 1 heterocycles. The van der Waals surface area contributed by atoms with E-state index in [0.29, 0.717) is 37.4 Å². The first-order valence-corrected chi connectivity index (χ1v) is 6.41. The summed E-state index contributed by atoms with van der Waals surface area (Å²) in [5.74, 6) is 0.577. The summed E-state index contributed by atoms with van der Waals surface area (Å²) in [5.41, 5.74) is 0.582. The number of benzene rings is 1. The summed E-state index contributed by atoms with van der Waals surface area (Å²) in [4.78, 5) is 14.0. The highest BCUT2D eigenvalue weighted by Gasteiger charge is 2.24. The van der Waals surface area contributed by atoms with Crippen LogP contribution in [0.15, 0.2) is 24.3 Å². The Bertz CT molecular complexity index is 419. The number of fused-ring (bicyclic) bond motifs is 1. The number of β-amino-alcohol motifs (C(OH)–C–C–N with tert-alkyl or cyclic N) is 1. The van der Waals surface area contributed by atoms with Gasteiger partial charge in [0.15, 0.2) is 0 Å². The third-order valence-corrected chi connectivity index (χ3v) is 3.08. The molecule has 1 atom stereocenters. The molecule has 0 saturated carbocycles. The maximum atomic E-state index is 12.3. The number of ether oxygens (including phenoxy) is 1. The highest BCUT2D eigenvalue weighted by molar-refractivity contribution is 5.97. The van der Waals surface area contributed by atoms with Crippen LogP contribution < -0.4 is 4.74 Å². The van der Waals surface area contributed by atoms with Crippen molar-refractivity contribution in [2.45, 2.75) is 25.9 Å². The van der Waals surface area contributed by atoms with Crippen molar-refractivity contribution in [1.29, 1.82) is 0 Å². The Balaban J connectivity index is 2.12.